The maximum Gasteiger partial charge on any atom is 0.214 e. The van der Waals surface area contributed by atoms with E-state index in [1.165, 1.54) is 11.0 Å². The van der Waals surface area contributed by atoms with Crippen LogP contribution >= 0.6 is 0 Å². The van der Waals surface area contributed by atoms with Crippen LogP contribution in [0.2, 0.25) is 0 Å². The molecule has 0 radical (unpaired) electrons. The van der Waals surface area contributed by atoms with Crippen LogP contribution in [0.3, 0.4) is 0 Å². The lowest BCUT2D eigenvalue weighted by Gasteiger charge is -2.45. The van der Waals surface area contributed by atoms with E-state index in [1.54, 1.807) is 32.0 Å². The van der Waals surface area contributed by atoms with Crippen molar-refractivity contribution in [2.24, 2.45) is 0 Å². The Morgan fingerprint density at radius 2 is 2.17 bits per heavy atom. The quantitative estimate of drug-likeness (QED) is 0.856. The minimum absolute atomic E-state index is 0.0383. The van der Waals surface area contributed by atoms with E-state index in [0.29, 0.717) is 41.8 Å². The van der Waals surface area contributed by atoms with Crippen molar-refractivity contribution in [3.8, 4) is 11.8 Å². The van der Waals surface area contributed by atoms with Gasteiger partial charge in [-0.1, -0.05) is 0 Å². The Hall–Kier alpha value is -2.65. The van der Waals surface area contributed by atoms with E-state index >= 15 is 0 Å². The summed E-state index contributed by atoms with van der Waals surface area (Å²) in [4.78, 5) is 24.7. The first kappa shape index (κ1) is 16.2. The van der Waals surface area contributed by atoms with Crippen molar-refractivity contribution in [3.63, 3.8) is 0 Å². The van der Waals surface area contributed by atoms with Crippen molar-refractivity contribution in [2.45, 2.75) is 44.4 Å². The standard InChI is InChI=1S/C18H18N2O4/c1-18(2)17(23)16(20(10-21)12-4-5-13(22)8-12)14-7-11(9-19)3-6-15(14)24-18/h3,6-8,10,16-17,23H,4-5H2,1-2H3/t16-,17+/m1/s1. The topological polar surface area (TPSA) is 90.6 Å². The number of nitriles is 1. The summed E-state index contributed by atoms with van der Waals surface area (Å²) in [5, 5.41) is 20.0. The molecule has 24 heavy (non-hydrogen) atoms. The number of ketones is 1. The Labute approximate surface area is 139 Å². The summed E-state index contributed by atoms with van der Waals surface area (Å²) in [5.41, 5.74) is 0.630. The zero-order chi connectivity index (χ0) is 17.5. The molecule has 0 spiro atoms. The first-order chi connectivity index (χ1) is 11.4. The van der Waals surface area contributed by atoms with Crippen molar-refractivity contribution >= 4 is 12.2 Å². The molecule has 124 valence electrons. The zero-order valence-electron chi connectivity index (χ0n) is 13.5. The average Bonchev–Trinajstić information content (AvgIpc) is 2.97. The molecule has 1 aromatic rings. The SMILES string of the molecule is CC1(C)Oc2ccc(C#N)cc2[C@@H](N(C=O)C2=CC(=O)CC2)[C@@H]1O. The molecule has 0 unspecified atom stereocenters. The summed E-state index contributed by atoms with van der Waals surface area (Å²) >= 11 is 0. The van der Waals surface area contributed by atoms with Gasteiger partial charge in [-0.15, -0.1) is 0 Å². The number of amides is 1. The lowest BCUT2D eigenvalue weighted by molar-refractivity contribution is -0.128. The molecule has 1 N–H and O–H groups in total. The van der Waals surface area contributed by atoms with Crippen LogP contribution in [0.5, 0.6) is 5.75 Å². The molecule has 1 aliphatic carbocycles. The Balaban J connectivity index is 2.14. The highest BCUT2D eigenvalue weighted by atomic mass is 16.5. The Morgan fingerprint density at radius 1 is 1.42 bits per heavy atom. The molecule has 0 fully saturated rings. The van der Waals surface area contributed by atoms with E-state index in [2.05, 4.69) is 6.07 Å². The van der Waals surface area contributed by atoms with E-state index in [0.717, 1.165) is 0 Å². The number of hydrogen-bond donors (Lipinski definition) is 1. The second-order valence-electron chi connectivity index (χ2n) is 6.57. The van der Waals surface area contributed by atoms with Gasteiger partial charge in [0.15, 0.2) is 5.78 Å². The van der Waals surface area contributed by atoms with Gasteiger partial charge in [0, 0.05) is 23.8 Å². The number of carbonyl (C=O) groups is 2. The molecule has 0 saturated carbocycles. The largest absolute Gasteiger partial charge is 0.485 e. The van der Waals surface area contributed by atoms with Crippen LogP contribution in [0.15, 0.2) is 30.0 Å². The Kier molecular flexibility index (Phi) is 3.90. The Morgan fingerprint density at radius 3 is 2.75 bits per heavy atom. The van der Waals surface area contributed by atoms with Gasteiger partial charge in [-0.2, -0.15) is 5.26 Å². The van der Waals surface area contributed by atoms with Crippen LogP contribution in [0, 0.1) is 11.3 Å². The summed E-state index contributed by atoms with van der Waals surface area (Å²) in [6.45, 7) is 3.48. The molecule has 0 bridgehead atoms. The van der Waals surface area contributed by atoms with Gasteiger partial charge < -0.3 is 14.7 Å². The number of nitrogens with zero attached hydrogens (tertiary/aromatic N) is 2. The fourth-order valence-corrected chi connectivity index (χ4v) is 3.24. The number of allylic oxidation sites excluding steroid dienone is 2. The van der Waals surface area contributed by atoms with Crippen molar-refractivity contribution in [1.82, 2.24) is 4.90 Å². The molecule has 0 aromatic heterocycles. The Bertz CT molecular complexity index is 776. The highest BCUT2D eigenvalue weighted by Gasteiger charge is 2.46. The molecule has 2 atom stereocenters. The van der Waals surface area contributed by atoms with Crippen molar-refractivity contribution in [1.29, 1.82) is 5.26 Å². The number of benzene rings is 1. The fourth-order valence-electron chi connectivity index (χ4n) is 3.24. The highest BCUT2D eigenvalue weighted by molar-refractivity contribution is 5.93. The smallest absolute Gasteiger partial charge is 0.214 e. The van der Waals surface area contributed by atoms with Crippen LogP contribution in [0.25, 0.3) is 0 Å². The number of hydrogen-bond acceptors (Lipinski definition) is 5. The van der Waals surface area contributed by atoms with Crippen LogP contribution in [0.4, 0.5) is 0 Å². The van der Waals surface area contributed by atoms with Crippen LogP contribution in [0.1, 0.15) is 43.9 Å². The molecule has 3 rings (SSSR count). The van der Waals surface area contributed by atoms with Crippen molar-refractivity contribution < 1.29 is 19.4 Å². The molecule has 2 aliphatic rings. The van der Waals surface area contributed by atoms with Gasteiger partial charge in [-0.05, 0) is 38.5 Å². The van der Waals surface area contributed by atoms with Crippen molar-refractivity contribution in [2.75, 3.05) is 0 Å². The zero-order valence-corrected chi connectivity index (χ0v) is 13.5. The molecule has 1 aromatic carbocycles. The molecular formula is C18H18N2O4. The number of aliphatic hydroxyl groups excluding tert-OH is 1. The number of ether oxygens (including phenoxy) is 1. The number of fused-ring (bicyclic) bond motifs is 1. The number of rotatable bonds is 3. The van der Waals surface area contributed by atoms with E-state index in [1.807, 2.05) is 0 Å². The van der Waals surface area contributed by atoms with Gasteiger partial charge in [-0.25, -0.2) is 0 Å². The highest BCUT2D eigenvalue weighted by Crippen LogP contribution is 2.44. The summed E-state index contributed by atoms with van der Waals surface area (Å²) in [5.74, 6) is 0.481. The molecular weight excluding hydrogens is 308 g/mol. The van der Waals surface area contributed by atoms with Gasteiger partial charge >= 0.3 is 0 Å². The van der Waals surface area contributed by atoms with Crippen LogP contribution in [-0.2, 0) is 9.59 Å². The predicted molar refractivity (Wildman–Crippen MR) is 84.8 cm³/mol. The third-order valence-electron chi connectivity index (χ3n) is 4.54. The van der Waals surface area contributed by atoms with Crippen LogP contribution in [-0.4, -0.2) is 33.9 Å². The number of carbonyl (C=O) groups excluding carboxylic acids is 2. The van der Waals surface area contributed by atoms with Gasteiger partial charge in [-0.3, -0.25) is 9.59 Å². The maximum absolute atomic E-state index is 11.8. The molecule has 0 saturated heterocycles. The van der Waals surface area contributed by atoms with Crippen LogP contribution < -0.4 is 4.74 Å². The average molecular weight is 326 g/mol. The second-order valence-corrected chi connectivity index (χ2v) is 6.57. The minimum Gasteiger partial charge on any atom is -0.485 e. The summed E-state index contributed by atoms with van der Waals surface area (Å²) in [6.07, 6.45) is 1.86. The van der Waals surface area contributed by atoms with E-state index < -0.39 is 17.7 Å². The molecule has 1 aliphatic heterocycles. The van der Waals surface area contributed by atoms with E-state index in [9.17, 15) is 14.7 Å². The normalized spacial score (nSPS) is 24.4. The minimum atomic E-state index is -1.01. The third kappa shape index (κ3) is 2.57. The summed E-state index contributed by atoms with van der Waals surface area (Å²) in [6, 6.07) is 6.26. The fraction of sp³-hybridized carbons (Fsp3) is 0.389. The van der Waals surface area contributed by atoms with Crippen molar-refractivity contribution in [3.05, 3.63) is 41.1 Å². The predicted octanol–water partition coefficient (Wildman–Crippen LogP) is 1.84. The monoisotopic (exact) mass is 326 g/mol. The first-order valence-electron chi connectivity index (χ1n) is 7.75. The first-order valence-corrected chi connectivity index (χ1v) is 7.75. The second kappa shape index (κ2) is 5.77. The third-order valence-corrected chi connectivity index (χ3v) is 4.54. The maximum atomic E-state index is 11.8. The summed E-state index contributed by atoms with van der Waals surface area (Å²) < 4.78 is 5.85. The lowest BCUT2D eigenvalue weighted by Crippen LogP contribution is -2.53. The van der Waals surface area contributed by atoms with E-state index in [4.69, 9.17) is 10.00 Å². The van der Waals surface area contributed by atoms with Gasteiger partial charge in [0.2, 0.25) is 6.41 Å². The van der Waals surface area contributed by atoms with Gasteiger partial charge in [0.25, 0.3) is 0 Å². The van der Waals surface area contributed by atoms with Gasteiger partial charge in [0.05, 0.1) is 17.7 Å². The number of aliphatic hydroxyl groups is 1. The molecule has 1 amide bonds. The lowest BCUT2D eigenvalue weighted by atomic mass is 9.85. The van der Waals surface area contributed by atoms with E-state index in [-0.39, 0.29) is 5.78 Å². The van der Waals surface area contributed by atoms with Gasteiger partial charge in [0.1, 0.15) is 17.5 Å². The molecule has 6 nitrogen and oxygen atoms in total. The molecule has 1 heterocycles. The summed E-state index contributed by atoms with van der Waals surface area (Å²) in [7, 11) is 0. The molecule has 6 heteroatoms.